The molecule has 4 rings (SSSR count). The van der Waals surface area contributed by atoms with Crippen molar-refractivity contribution in [1.29, 1.82) is 0 Å². The summed E-state index contributed by atoms with van der Waals surface area (Å²) in [5.41, 5.74) is 4.16. The van der Waals surface area contributed by atoms with Gasteiger partial charge in [0.1, 0.15) is 24.2 Å². The second-order valence-electron chi connectivity index (χ2n) is 5.15. The summed E-state index contributed by atoms with van der Waals surface area (Å²) in [6.07, 6.45) is 3.30. The summed E-state index contributed by atoms with van der Waals surface area (Å²) < 4.78 is 3.64. The van der Waals surface area contributed by atoms with Gasteiger partial charge in [-0.25, -0.2) is 14.3 Å². The van der Waals surface area contributed by atoms with Gasteiger partial charge in [-0.2, -0.15) is 5.10 Å². The van der Waals surface area contributed by atoms with Gasteiger partial charge in [-0.15, -0.1) is 5.10 Å². The topological polar surface area (TPSA) is 61.4 Å². The molecule has 0 aliphatic carbocycles. The predicted octanol–water partition coefficient (Wildman–Crippen LogP) is 2.20. The third kappa shape index (κ3) is 2.05. The van der Waals surface area contributed by atoms with Gasteiger partial charge in [0.05, 0.1) is 5.52 Å². The summed E-state index contributed by atoms with van der Waals surface area (Å²) in [7, 11) is 1.89. The number of hydrogen-bond acceptors (Lipinski definition) is 4. The van der Waals surface area contributed by atoms with Crippen LogP contribution in [-0.4, -0.2) is 29.8 Å². The number of nitrogens with zero attached hydrogens (tertiary/aromatic N) is 6. The van der Waals surface area contributed by atoms with Crippen molar-refractivity contribution in [2.45, 2.75) is 6.04 Å². The van der Waals surface area contributed by atoms with Crippen molar-refractivity contribution < 1.29 is 0 Å². The third-order valence-corrected chi connectivity index (χ3v) is 3.77. The molecular formula is C16H14N6. The van der Waals surface area contributed by atoms with Crippen LogP contribution in [0.5, 0.6) is 0 Å². The number of benzene rings is 2. The highest BCUT2D eigenvalue weighted by atomic mass is 15.4. The van der Waals surface area contributed by atoms with E-state index in [2.05, 4.69) is 44.7 Å². The van der Waals surface area contributed by atoms with Crippen LogP contribution < -0.4 is 0 Å². The molecule has 0 amide bonds. The molecule has 0 saturated carbocycles. The normalized spacial score (nSPS) is 12.6. The van der Waals surface area contributed by atoms with Crippen LogP contribution in [0.15, 0.2) is 61.2 Å². The molecule has 0 bridgehead atoms. The molecule has 2 heterocycles. The molecule has 4 aromatic rings. The lowest BCUT2D eigenvalue weighted by atomic mass is 9.98. The Balaban J connectivity index is 1.91. The van der Waals surface area contributed by atoms with Gasteiger partial charge in [-0.05, 0) is 23.3 Å². The molecular weight excluding hydrogens is 276 g/mol. The molecule has 2 aromatic carbocycles. The number of aryl methyl sites for hydroxylation is 1. The molecule has 0 saturated heterocycles. The van der Waals surface area contributed by atoms with Gasteiger partial charge in [0.15, 0.2) is 0 Å². The van der Waals surface area contributed by atoms with E-state index < -0.39 is 0 Å². The fraction of sp³-hybridized carbons (Fsp3) is 0.125. The highest BCUT2D eigenvalue weighted by molar-refractivity contribution is 5.75. The molecule has 0 fully saturated rings. The van der Waals surface area contributed by atoms with Crippen molar-refractivity contribution in [2.24, 2.45) is 7.05 Å². The van der Waals surface area contributed by atoms with Gasteiger partial charge >= 0.3 is 0 Å². The summed E-state index contributed by atoms with van der Waals surface area (Å²) >= 11 is 0. The van der Waals surface area contributed by atoms with Crippen LogP contribution in [0.3, 0.4) is 0 Å². The lowest BCUT2D eigenvalue weighted by molar-refractivity contribution is 0.594. The number of aromatic nitrogens is 6. The Kier molecular flexibility index (Phi) is 2.93. The second-order valence-corrected chi connectivity index (χ2v) is 5.15. The molecule has 0 aliphatic rings. The van der Waals surface area contributed by atoms with Gasteiger partial charge in [0, 0.05) is 7.05 Å². The van der Waals surface area contributed by atoms with E-state index in [-0.39, 0.29) is 6.04 Å². The summed E-state index contributed by atoms with van der Waals surface area (Å²) in [6, 6.07) is 16.4. The van der Waals surface area contributed by atoms with Gasteiger partial charge in [0.2, 0.25) is 0 Å². The summed E-state index contributed by atoms with van der Waals surface area (Å²) in [6.45, 7) is 0. The van der Waals surface area contributed by atoms with Crippen LogP contribution in [0.4, 0.5) is 0 Å². The van der Waals surface area contributed by atoms with Crippen molar-refractivity contribution in [3.63, 3.8) is 0 Å². The maximum Gasteiger partial charge on any atom is 0.137 e. The Morgan fingerprint density at radius 1 is 1.00 bits per heavy atom. The minimum atomic E-state index is -0.0250. The van der Waals surface area contributed by atoms with E-state index in [1.54, 1.807) is 17.3 Å². The Morgan fingerprint density at radius 2 is 1.86 bits per heavy atom. The van der Waals surface area contributed by atoms with Gasteiger partial charge in [0.25, 0.3) is 0 Å². The predicted molar refractivity (Wildman–Crippen MR) is 82.2 cm³/mol. The first-order chi connectivity index (χ1) is 10.8. The average Bonchev–Trinajstić information content (AvgIpc) is 3.20. The maximum absolute atomic E-state index is 4.33. The van der Waals surface area contributed by atoms with E-state index in [0.717, 1.165) is 22.2 Å². The van der Waals surface area contributed by atoms with Gasteiger partial charge in [-0.3, -0.25) is 0 Å². The highest BCUT2D eigenvalue weighted by Gasteiger charge is 2.18. The minimum Gasteiger partial charge on any atom is -0.248 e. The van der Waals surface area contributed by atoms with Crippen LogP contribution >= 0.6 is 0 Å². The van der Waals surface area contributed by atoms with Crippen molar-refractivity contribution in [1.82, 2.24) is 29.8 Å². The van der Waals surface area contributed by atoms with Crippen LogP contribution in [-0.2, 0) is 7.05 Å². The molecule has 0 N–H and O–H groups in total. The standard InChI is InChI=1S/C16H14N6/c1-21-15-9-13(7-8-14(15)19-20-21)16(22-11-17-10-18-22)12-5-3-2-4-6-12/h2-11,16H,1H3. The van der Waals surface area contributed by atoms with Crippen molar-refractivity contribution >= 4 is 11.0 Å². The van der Waals surface area contributed by atoms with E-state index in [9.17, 15) is 0 Å². The molecule has 108 valence electrons. The molecule has 6 nitrogen and oxygen atoms in total. The Labute approximate surface area is 127 Å². The monoisotopic (exact) mass is 290 g/mol. The molecule has 0 aliphatic heterocycles. The Morgan fingerprint density at radius 3 is 2.64 bits per heavy atom. The van der Waals surface area contributed by atoms with Gasteiger partial charge < -0.3 is 0 Å². The van der Waals surface area contributed by atoms with E-state index in [1.165, 1.54) is 0 Å². The third-order valence-electron chi connectivity index (χ3n) is 3.77. The lowest BCUT2D eigenvalue weighted by Gasteiger charge is -2.18. The highest BCUT2D eigenvalue weighted by Crippen LogP contribution is 2.27. The summed E-state index contributed by atoms with van der Waals surface area (Å²) in [4.78, 5) is 4.09. The zero-order chi connectivity index (χ0) is 14.9. The van der Waals surface area contributed by atoms with Crippen LogP contribution in [0, 0.1) is 0 Å². The van der Waals surface area contributed by atoms with E-state index in [1.807, 2.05) is 36.0 Å². The Hall–Kier alpha value is -3.02. The second kappa shape index (κ2) is 5.07. The van der Waals surface area contributed by atoms with E-state index in [0.29, 0.717) is 0 Å². The smallest absolute Gasteiger partial charge is 0.137 e. The largest absolute Gasteiger partial charge is 0.248 e. The molecule has 2 aromatic heterocycles. The maximum atomic E-state index is 4.33. The molecule has 22 heavy (non-hydrogen) atoms. The lowest BCUT2D eigenvalue weighted by Crippen LogP contribution is -2.13. The minimum absolute atomic E-state index is 0.0250. The van der Waals surface area contributed by atoms with Gasteiger partial charge in [-0.1, -0.05) is 41.6 Å². The first-order valence-corrected chi connectivity index (χ1v) is 7.01. The first-order valence-electron chi connectivity index (χ1n) is 7.01. The molecule has 1 atom stereocenters. The molecule has 0 spiro atoms. The zero-order valence-corrected chi connectivity index (χ0v) is 12.0. The first kappa shape index (κ1) is 12.7. The van der Waals surface area contributed by atoms with Crippen molar-refractivity contribution in [2.75, 3.05) is 0 Å². The molecule has 0 radical (unpaired) electrons. The average molecular weight is 290 g/mol. The van der Waals surface area contributed by atoms with Crippen LogP contribution in [0.2, 0.25) is 0 Å². The van der Waals surface area contributed by atoms with Crippen molar-refractivity contribution in [3.8, 4) is 0 Å². The quantitative estimate of drug-likeness (QED) is 0.580. The van der Waals surface area contributed by atoms with E-state index >= 15 is 0 Å². The SMILES string of the molecule is Cn1nnc2ccc(C(c3ccccc3)n3cncn3)cc21. The zero-order valence-electron chi connectivity index (χ0n) is 12.0. The fourth-order valence-corrected chi connectivity index (χ4v) is 2.70. The van der Waals surface area contributed by atoms with E-state index in [4.69, 9.17) is 0 Å². The summed E-state index contributed by atoms with van der Waals surface area (Å²) in [5.74, 6) is 0. The fourth-order valence-electron chi connectivity index (χ4n) is 2.70. The van der Waals surface area contributed by atoms with Crippen LogP contribution in [0.1, 0.15) is 17.2 Å². The molecule has 1 unspecified atom stereocenters. The number of hydrogen-bond donors (Lipinski definition) is 0. The number of rotatable bonds is 3. The summed E-state index contributed by atoms with van der Waals surface area (Å²) in [5, 5.41) is 12.5. The molecule has 6 heteroatoms. The van der Waals surface area contributed by atoms with Crippen molar-refractivity contribution in [3.05, 3.63) is 72.3 Å². The number of fused-ring (bicyclic) bond motifs is 1. The Bertz CT molecular complexity index is 895. The van der Waals surface area contributed by atoms with Crippen LogP contribution in [0.25, 0.3) is 11.0 Å².